The highest BCUT2D eigenvalue weighted by atomic mass is 16.3. The van der Waals surface area contributed by atoms with Crippen LogP contribution in [-0.4, -0.2) is 42.0 Å². The quantitative estimate of drug-likeness (QED) is 0.871. The Balaban J connectivity index is 1.77. The van der Waals surface area contributed by atoms with Crippen molar-refractivity contribution in [2.45, 2.75) is 64.1 Å². The first kappa shape index (κ1) is 17.5. The molecule has 0 saturated heterocycles. The molecular weight excluding hydrogens is 320 g/mol. The lowest BCUT2D eigenvalue weighted by molar-refractivity contribution is 0.0735. The van der Waals surface area contributed by atoms with Crippen LogP contribution >= 0.6 is 0 Å². The lowest BCUT2D eigenvalue weighted by Gasteiger charge is -2.31. The Morgan fingerprint density at radius 2 is 2.12 bits per heavy atom. The molecule has 2 heterocycles. The summed E-state index contributed by atoms with van der Waals surface area (Å²) in [4.78, 5) is 20.7. The molecule has 2 aromatic rings. The zero-order valence-electron chi connectivity index (χ0n) is 14.8. The van der Waals surface area contributed by atoms with Gasteiger partial charge in [0.2, 0.25) is 0 Å². The highest BCUT2D eigenvalue weighted by molar-refractivity contribution is 5.92. The molecule has 3 rings (SSSR count). The number of aromatic nitrogens is 5. The van der Waals surface area contributed by atoms with Crippen molar-refractivity contribution in [1.82, 2.24) is 30.3 Å². The first-order valence-electron chi connectivity index (χ1n) is 8.60. The van der Waals surface area contributed by atoms with E-state index in [1.165, 1.54) is 0 Å². The molecule has 1 amide bonds. The summed E-state index contributed by atoms with van der Waals surface area (Å²) in [6.45, 7) is 5.12. The van der Waals surface area contributed by atoms with Crippen LogP contribution in [0.1, 0.15) is 67.6 Å². The fraction of sp³-hybridized carbons (Fsp3) is 0.588. The number of hydrogen-bond donors (Lipinski definition) is 2. The Hall–Kier alpha value is -2.35. The summed E-state index contributed by atoms with van der Waals surface area (Å²) in [7, 11) is 0. The van der Waals surface area contributed by atoms with E-state index in [0.717, 1.165) is 25.7 Å². The van der Waals surface area contributed by atoms with E-state index in [1.807, 2.05) is 0 Å². The fourth-order valence-corrected chi connectivity index (χ4v) is 3.14. The fourth-order valence-electron chi connectivity index (χ4n) is 3.14. The number of carbonyl (C=O) groups is 1. The third-order valence-electron chi connectivity index (χ3n) is 4.53. The van der Waals surface area contributed by atoms with E-state index >= 15 is 0 Å². The largest absolute Gasteiger partial charge is 0.384 e. The highest BCUT2D eigenvalue weighted by Gasteiger charge is 2.31. The molecule has 0 aliphatic heterocycles. The van der Waals surface area contributed by atoms with Gasteiger partial charge in [-0.1, -0.05) is 18.1 Å². The van der Waals surface area contributed by atoms with Crippen molar-refractivity contribution in [3.63, 3.8) is 0 Å². The van der Waals surface area contributed by atoms with E-state index in [4.69, 9.17) is 0 Å². The van der Waals surface area contributed by atoms with Crippen LogP contribution in [0.25, 0.3) is 0 Å². The van der Waals surface area contributed by atoms with Crippen molar-refractivity contribution in [3.8, 4) is 0 Å². The molecule has 1 saturated carbocycles. The summed E-state index contributed by atoms with van der Waals surface area (Å²) in [5.74, 6) is 0.365. The van der Waals surface area contributed by atoms with E-state index < -0.39 is 5.60 Å². The first-order valence-corrected chi connectivity index (χ1v) is 8.60. The number of nitrogens with zero attached hydrogens (tertiary/aromatic N) is 5. The van der Waals surface area contributed by atoms with E-state index in [9.17, 15) is 9.90 Å². The van der Waals surface area contributed by atoms with Crippen LogP contribution in [-0.2, 0) is 5.60 Å². The molecule has 1 aliphatic carbocycles. The van der Waals surface area contributed by atoms with Gasteiger partial charge in [0.15, 0.2) is 0 Å². The molecule has 2 aromatic heterocycles. The third kappa shape index (κ3) is 4.01. The van der Waals surface area contributed by atoms with Crippen LogP contribution in [0.3, 0.4) is 0 Å². The number of hydrogen-bond acceptors (Lipinski definition) is 6. The lowest BCUT2D eigenvalue weighted by Crippen LogP contribution is -2.43. The van der Waals surface area contributed by atoms with Gasteiger partial charge in [-0.25, -0.2) is 14.6 Å². The van der Waals surface area contributed by atoms with Gasteiger partial charge in [0, 0.05) is 6.20 Å². The van der Waals surface area contributed by atoms with Crippen LogP contribution in [0.2, 0.25) is 0 Å². The summed E-state index contributed by atoms with van der Waals surface area (Å²) < 4.78 is 1.77. The van der Waals surface area contributed by atoms with Gasteiger partial charge < -0.3 is 10.4 Å². The molecule has 0 spiro atoms. The summed E-state index contributed by atoms with van der Waals surface area (Å²) >= 11 is 0. The maximum atomic E-state index is 12.5. The topological polar surface area (TPSA) is 106 Å². The molecule has 25 heavy (non-hydrogen) atoms. The normalized spacial score (nSPS) is 21.1. The molecule has 8 heteroatoms. The summed E-state index contributed by atoms with van der Waals surface area (Å²) in [6, 6.07) is 1.58. The molecule has 2 atom stereocenters. The Morgan fingerprint density at radius 1 is 1.36 bits per heavy atom. The zero-order chi connectivity index (χ0) is 18.0. The second kappa shape index (κ2) is 6.87. The maximum Gasteiger partial charge on any atom is 0.270 e. The van der Waals surface area contributed by atoms with Gasteiger partial charge >= 0.3 is 0 Å². The van der Waals surface area contributed by atoms with Crippen LogP contribution in [0.15, 0.2) is 18.5 Å². The third-order valence-corrected chi connectivity index (χ3v) is 4.53. The molecule has 1 aliphatic rings. The number of amides is 1. The molecule has 2 N–H and O–H groups in total. The van der Waals surface area contributed by atoms with Crippen LogP contribution in [0.5, 0.6) is 0 Å². The van der Waals surface area contributed by atoms with Gasteiger partial charge in [0.1, 0.15) is 22.8 Å². The molecular formula is C17H24N6O2. The van der Waals surface area contributed by atoms with Crippen LogP contribution < -0.4 is 5.32 Å². The summed E-state index contributed by atoms with van der Waals surface area (Å²) in [6.07, 6.45) is 7.26. The first-order chi connectivity index (χ1) is 11.8. The summed E-state index contributed by atoms with van der Waals surface area (Å²) in [5, 5.41) is 21.4. The number of aryl methyl sites for hydroxylation is 1. The number of aliphatic hydroxyl groups is 1. The van der Waals surface area contributed by atoms with E-state index in [1.54, 1.807) is 43.9 Å². The average Bonchev–Trinajstić information content (AvgIpc) is 3.05. The predicted molar refractivity (Wildman–Crippen MR) is 90.8 cm³/mol. The average molecular weight is 344 g/mol. The van der Waals surface area contributed by atoms with Crippen molar-refractivity contribution < 1.29 is 9.90 Å². The smallest absolute Gasteiger partial charge is 0.270 e. The standard InChI is InChI=1S/C17H24N6O2/c1-11-18-9-8-13(19-11)16(24)20-12-6-4-5-7-14(12)23-10-15(21-22-23)17(2,3)25/h8-10,12,14,25H,4-7H2,1-3H3,(H,20,24)/t12-,14+/m0/s1. The van der Waals surface area contributed by atoms with E-state index in [2.05, 4.69) is 25.6 Å². The lowest BCUT2D eigenvalue weighted by atomic mass is 9.90. The van der Waals surface area contributed by atoms with E-state index in [-0.39, 0.29) is 18.0 Å². The SMILES string of the molecule is Cc1nccc(C(=O)N[C@H]2CCCC[C@H]2n2cc(C(C)(C)O)nn2)n1. The van der Waals surface area contributed by atoms with Crippen molar-refractivity contribution in [1.29, 1.82) is 0 Å². The van der Waals surface area contributed by atoms with Crippen molar-refractivity contribution >= 4 is 5.91 Å². The van der Waals surface area contributed by atoms with Crippen molar-refractivity contribution in [2.75, 3.05) is 0 Å². The van der Waals surface area contributed by atoms with Gasteiger partial charge in [0.25, 0.3) is 5.91 Å². The minimum Gasteiger partial charge on any atom is -0.384 e. The molecule has 0 radical (unpaired) electrons. The minimum atomic E-state index is -1.04. The van der Waals surface area contributed by atoms with Crippen molar-refractivity contribution in [3.05, 3.63) is 35.7 Å². The molecule has 0 aromatic carbocycles. The molecule has 8 nitrogen and oxygen atoms in total. The zero-order valence-corrected chi connectivity index (χ0v) is 14.8. The number of rotatable bonds is 4. The van der Waals surface area contributed by atoms with Gasteiger partial charge in [-0.2, -0.15) is 0 Å². The predicted octanol–water partition coefficient (Wildman–Crippen LogP) is 1.52. The van der Waals surface area contributed by atoms with Crippen molar-refractivity contribution in [2.24, 2.45) is 0 Å². The molecule has 0 unspecified atom stereocenters. The molecule has 1 fully saturated rings. The second-order valence-electron chi connectivity index (χ2n) is 7.06. The minimum absolute atomic E-state index is 0.0178. The van der Waals surface area contributed by atoms with Crippen LogP contribution in [0.4, 0.5) is 0 Å². The molecule has 134 valence electrons. The van der Waals surface area contributed by atoms with Gasteiger partial charge in [0.05, 0.1) is 18.3 Å². The Labute approximate surface area is 146 Å². The van der Waals surface area contributed by atoms with Gasteiger partial charge in [-0.3, -0.25) is 4.79 Å². The Bertz CT molecular complexity index is 752. The number of carbonyl (C=O) groups excluding carboxylic acids is 1. The highest BCUT2D eigenvalue weighted by Crippen LogP contribution is 2.29. The Morgan fingerprint density at radius 3 is 2.80 bits per heavy atom. The second-order valence-corrected chi connectivity index (χ2v) is 7.06. The summed E-state index contributed by atoms with van der Waals surface area (Å²) in [5.41, 5.74) is -0.147. The van der Waals surface area contributed by atoms with Gasteiger partial charge in [-0.15, -0.1) is 5.10 Å². The molecule has 0 bridgehead atoms. The van der Waals surface area contributed by atoms with E-state index in [0.29, 0.717) is 17.2 Å². The Kier molecular flexibility index (Phi) is 4.80. The van der Waals surface area contributed by atoms with Gasteiger partial charge in [-0.05, 0) is 39.7 Å². The van der Waals surface area contributed by atoms with Crippen LogP contribution in [0, 0.1) is 6.92 Å². The monoisotopic (exact) mass is 344 g/mol. The number of nitrogens with one attached hydrogen (secondary N) is 1. The maximum absolute atomic E-state index is 12.5.